The number of hydrogen-bond donors (Lipinski definition) is 1. The molecule has 2 rings (SSSR count). The van der Waals surface area contributed by atoms with Crippen molar-refractivity contribution in [2.75, 3.05) is 6.54 Å². The van der Waals surface area contributed by atoms with Crippen molar-refractivity contribution in [1.82, 2.24) is 5.32 Å². The summed E-state index contributed by atoms with van der Waals surface area (Å²) in [7, 11) is 0. The van der Waals surface area contributed by atoms with Crippen molar-refractivity contribution < 1.29 is 13.5 Å². The van der Waals surface area contributed by atoms with Gasteiger partial charge in [-0.2, -0.15) is 0 Å². The lowest BCUT2D eigenvalue weighted by atomic mass is 9.89. The molecule has 0 radical (unpaired) electrons. The van der Waals surface area contributed by atoms with Crippen LogP contribution in [-0.4, -0.2) is 18.7 Å². The average Bonchev–Trinajstić information content (AvgIpc) is 2.18. The number of benzene rings is 1. The van der Waals surface area contributed by atoms with Crippen LogP contribution in [0.1, 0.15) is 19.8 Å². The molecule has 16 heavy (non-hydrogen) atoms. The van der Waals surface area contributed by atoms with Gasteiger partial charge in [-0.25, -0.2) is 8.78 Å². The van der Waals surface area contributed by atoms with E-state index in [0.29, 0.717) is 6.04 Å². The predicted molar refractivity (Wildman–Crippen MR) is 57.5 cm³/mol. The third kappa shape index (κ3) is 2.50. The van der Waals surface area contributed by atoms with E-state index in [-0.39, 0.29) is 11.9 Å². The van der Waals surface area contributed by atoms with Gasteiger partial charge in [-0.1, -0.05) is 6.92 Å². The monoisotopic (exact) mass is 227 g/mol. The normalized spacial score (nSPS) is 23.9. The van der Waals surface area contributed by atoms with Crippen molar-refractivity contribution in [2.24, 2.45) is 0 Å². The van der Waals surface area contributed by atoms with Crippen LogP contribution in [0.2, 0.25) is 0 Å². The minimum Gasteiger partial charge on any atom is -0.487 e. The number of ether oxygens (including phenoxy) is 1. The Morgan fingerprint density at radius 2 is 2.12 bits per heavy atom. The summed E-state index contributed by atoms with van der Waals surface area (Å²) in [6.45, 7) is 2.98. The van der Waals surface area contributed by atoms with Crippen LogP contribution in [-0.2, 0) is 0 Å². The third-order valence-electron chi connectivity index (χ3n) is 2.78. The van der Waals surface area contributed by atoms with Gasteiger partial charge in [0.25, 0.3) is 0 Å². The van der Waals surface area contributed by atoms with Crippen molar-refractivity contribution >= 4 is 0 Å². The molecule has 0 heterocycles. The van der Waals surface area contributed by atoms with E-state index in [0.717, 1.165) is 25.5 Å². The molecule has 0 atom stereocenters. The largest absolute Gasteiger partial charge is 0.487 e. The Morgan fingerprint density at radius 1 is 1.38 bits per heavy atom. The highest BCUT2D eigenvalue weighted by Gasteiger charge is 2.30. The number of halogens is 2. The molecule has 1 N–H and O–H groups in total. The van der Waals surface area contributed by atoms with Crippen molar-refractivity contribution in [3.8, 4) is 5.75 Å². The molecule has 1 aliphatic carbocycles. The quantitative estimate of drug-likeness (QED) is 0.853. The Balaban J connectivity index is 1.87. The van der Waals surface area contributed by atoms with Gasteiger partial charge in [0.2, 0.25) is 0 Å². The molecule has 2 nitrogen and oxygen atoms in total. The van der Waals surface area contributed by atoms with E-state index in [2.05, 4.69) is 5.32 Å². The number of rotatable bonds is 4. The molecular weight excluding hydrogens is 212 g/mol. The number of nitrogens with one attached hydrogen (secondary N) is 1. The van der Waals surface area contributed by atoms with Gasteiger partial charge in [-0.05, 0) is 31.5 Å². The van der Waals surface area contributed by atoms with E-state index in [4.69, 9.17) is 4.74 Å². The van der Waals surface area contributed by atoms with Crippen molar-refractivity contribution in [2.45, 2.75) is 31.9 Å². The lowest BCUT2D eigenvalue weighted by Crippen LogP contribution is -2.46. The minimum atomic E-state index is -0.632. The maximum atomic E-state index is 13.2. The lowest BCUT2D eigenvalue weighted by molar-refractivity contribution is 0.0817. The highest BCUT2D eigenvalue weighted by molar-refractivity contribution is 5.25. The van der Waals surface area contributed by atoms with Crippen LogP contribution in [0.4, 0.5) is 8.78 Å². The Kier molecular flexibility index (Phi) is 3.39. The summed E-state index contributed by atoms with van der Waals surface area (Å²) in [4.78, 5) is 0. The molecule has 4 heteroatoms. The molecule has 0 spiro atoms. The Bertz CT molecular complexity index is 364. The zero-order valence-electron chi connectivity index (χ0n) is 9.17. The molecule has 0 saturated heterocycles. The molecule has 0 aromatic heterocycles. The van der Waals surface area contributed by atoms with Crippen LogP contribution >= 0.6 is 0 Å². The topological polar surface area (TPSA) is 21.3 Å². The van der Waals surface area contributed by atoms with Gasteiger partial charge < -0.3 is 10.1 Å². The van der Waals surface area contributed by atoms with Crippen LogP contribution in [0.15, 0.2) is 18.2 Å². The predicted octanol–water partition coefficient (Wildman–Crippen LogP) is 2.48. The second kappa shape index (κ2) is 4.78. The smallest absolute Gasteiger partial charge is 0.167 e. The van der Waals surface area contributed by atoms with Gasteiger partial charge in [0.05, 0.1) is 0 Å². The first kappa shape index (κ1) is 11.3. The van der Waals surface area contributed by atoms with Gasteiger partial charge >= 0.3 is 0 Å². The van der Waals surface area contributed by atoms with Crippen LogP contribution < -0.4 is 10.1 Å². The minimum absolute atomic E-state index is 0.0454. The van der Waals surface area contributed by atoms with E-state index in [1.54, 1.807) is 0 Å². The van der Waals surface area contributed by atoms with E-state index in [9.17, 15) is 8.78 Å². The summed E-state index contributed by atoms with van der Waals surface area (Å²) < 4.78 is 31.3. The maximum Gasteiger partial charge on any atom is 0.167 e. The van der Waals surface area contributed by atoms with Crippen molar-refractivity contribution in [1.29, 1.82) is 0 Å². The highest BCUT2D eigenvalue weighted by atomic mass is 19.1. The maximum absolute atomic E-state index is 13.2. The molecule has 1 aromatic carbocycles. The fraction of sp³-hybridized carbons (Fsp3) is 0.500. The van der Waals surface area contributed by atoms with Crippen LogP contribution in [0, 0.1) is 11.6 Å². The third-order valence-corrected chi connectivity index (χ3v) is 2.78. The van der Waals surface area contributed by atoms with E-state index < -0.39 is 11.6 Å². The summed E-state index contributed by atoms with van der Waals surface area (Å²) in [5.74, 6) is -1.07. The first-order chi connectivity index (χ1) is 7.69. The summed E-state index contributed by atoms with van der Waals surface area (Å²) in [6, 6.07) is 3.86. The van der Waals surface area contributed by atoms with Gasteiger partial charge in [-0.15, -0.1) is 0 Å². The van der Waals surface area contributed by atoms with Crippen LogP contribution in [0.3, 0.4) is 0 Å². The summed E-state index contributed by atoms with van der Waals surface area (Å²) in [5, 5.41) is 3.29. The fourth-order valence-electron chi connectivity index (χ4n) is 1.87. The number of hydrogen-bond acceptors (Lipinski definition) is 2. The Labute approximate surface area is 93.6 Å². The molecular formula is C12H15F2NO. The van der Waals surface area contributed by atoms with Gasteiger partial charge in [0.1, 0.15) is 11.9 Å². The summed E-state index contributed by atoms with van der Waals surface area (Å²) in [6.07, 6.45) is 1.80. The van der Waals surface area contributed by atoms with Crippen molar-refractivity contribution in [3.63, 3.8) is 0 Å². The molecule has 0 bridgehead atoms. The first-order valence-electron chi connectivity index (χ1n) is 5.54. The molecule has 1 saturated carbocycles. The van der Waals surface area contributed by atoms with Crippen LogP contribution in [0.5, 0.6) is 5.75 Å². The van der Waals surface area contributed by atoms with E-state index in [1.807, 2.05) is 6.92 Å². The fourth-order valence-corrected chi connectivity index (χ4v) is 1.87. The average molecular weight is 227 g/mol. The standard InChI is InChI=1S/C12H15F2NO/c1-2-15-9-6-10(7-9)16-12-4-3-8(13)5-11(12)14/h3-5,9-10,15H,2,6-7H2,1H3. The molecule has 0 amide bonds. The molecule has 0 unspecified atom stereocenters. The molecule has 88 valence electrons. The van der Waals surface area contributed by atoms with Gasteiger partial charge in [0, 0.05) is 12.1 Å². The van der Waals surface area contributed by atoms with Crippen LogP contribution in [0.25, 0.3) is 0 Å². The Morgan fingerprint density at radius 3 is 2.75 bits per heavy atom. The first-order valence-corrected chi connectivity index (χ1v) is 5.54. The van der Waals surface area contributed by atoms with Crippen molar-refractivity contribution in [3.05, 3.63) is 29.8 Å². The lowest BCUT2D eigenvalue weighted by Gasteiger charge is -2.35. The summed E-state index contributed by atoms with van der Waals surface area (Å²) in [5.41, 5.74) is 0. The summed E-state index contributed by atoms with van der Waals surface area (Å²) >= 11 is 0. The van der Waals surface area contributed by atoms with E-state index >= 15 is 0 Å². The highest BCUT2D eigenvalue weighted by Crippen LogP contribution is 2.27. The van der Waals surface area contributed by atoms with E-state index in [1.165, 1.54) is 12.1 Å². The van der Waals surface area contributed by atoms with Gasteiger partial charge in [0.15, 0.2) is 11.6 Å². The Hall–Kier alpha value is -1.16. The second-order valence-electron chi connectivity index (χ2n) is 4.04. The molecule has 1 fully saturated rings. The molecule has 0 aliphatic heterocycles. The molecule has 1 aliphatic rings. The zero-order chi connectivity index (χ0) is 11.5. The SMILES string of the molecule is CCNC1CC(Oc2ccc(F)cc2F)C1. The zero-order valence-corrected chi connectivity index (χ0v) is 9.17. The van der Waals surface area contributed by atoms with Gasteiger partial charge in [-0.3, -0.25) is 0 Å². The second-order valence-corrected chi connectivity index (χ2v) is 4.04. The molecule has 1 aromatic rings.